The standard InChI is InChI=1S/C26H34N4O4/c1-18-8-10-19(11-9-18)26(20-12-13-23(27)21(14-20)15-28-16-25(32)33)29-34-17-24(31)30(2)22-6-4-3-5-7-22/h8-14,22,28H,3-7,15-17,27H2,1-2H3,(H,32,33). The van der Waals surface area contributed by atoms with Crippen LogP contribution >= 0.6 is 0 Å². The second-order valence-corrected chi connectivity index (χ2v) is 8.79. The van der Waals surface area contributed by atoms with E-state index in [-0.39, 0.29) is 25.1 Å². The van der Waals surface area contributed by atoms with Crippen molar-refractivity contribution in [1.29, 1.82) is 0 Å². The fraction of sp³-hybridized carbons (Fsp3) is 0.423. The van der Waals surface area contributed by atoms with E-state index in [0.717, 1.165) is 47.9 Å². The molecule has 3 rings (SSSR count). The minimum absolute atomic E-state index is 0.0882. The van der Waals surface area contributed by atoms with E-state index in [1.165, 1.54) is 6.42 Å². The molecule has 2 aromatic rings. The molecule has 1 aliphatic rings. The number of carboxylic acid groups (broad SMARTS) is 1. The Morgan fingerprint density at radius 2 is 1.79 bits per heavy atom. The van der Waals surface area contributed by atoms with Crippen LogP contribution in [0.15, 0.2) is 47.6 Å². The van der Waals surface area contributed by atoms with Crippen molar-refractivity contribution in [1.82, 2.24) is 10.2 Å². The summed E-state index contributed by atoms with van der Waals surface area (Å²) in [5.41, 5.74) is 10.7. The van der Waals surface area contributed by atoms with Crippen molar-refractivity contribution in [3.8, 4) is 0 Å². The van der Waals surface area contributed by atoms with E-state index in [1.54, 1.807) is 11.0 Å². The lowest BCUT2D eigenvalue weighted by Gasteiger charge is -2.30. The lowest BCUT2D eigenvalue weighted by molar-refractivity contribution is -0.137. The Morgan fingerprint density at radius 1 is 1.12 bits per heavy atom. The van der Waals surface area contributed by atoms with Crippen LogP contribution in [0.2, 0.25) is 0 Å². The van der Waals surface area contributed by atoms with Crippen LogP contribution in [0, 0.1) is 6.92 Å². The van der Waals surface area contributed by atoms with Crippen molar-refractivity contribution >= 4 is 23.3 Å². The minimum Gasteiger partial charge on any atom is -0.480 e. The lowest BCUT2D eigenvalue weighted by atomic mass is 9.94. The van der Waals surface area contributed by atoms with E-state index in [2.05, 4.69) is 10.5 Å². The Labute approximate surface area is 200 Å². The van der Waals surface area contributed by atoms with Gasteiger partial charge in [0, 0.05) is 36.4 Å². The van der Waals surface area contributed by atoms with Crippen LogP contribution in [0.4, 0.5) is 5.69 Å². The maximum Gasteiger partial charge on any atom is 0.317 e. The van der Waals surface area contributed by atoms with Crippen molar-refractivity contribution in [2.24, 2.45) is 5.16 Å². The maximum absolute atomic E-state index is 12.7. The van der Waals surface area contributed by atoms with Gasteiger partial charge in [0.05, 0.1) is 6.54 Å². The van der Waals surface area contributed by atoms with Gasteiger partial charge >= 0.3 is 5.97 Å². The molecule has 2 aromatic carbocycles. The van der Waals surface area contributed by atoms with E-state index in [0.29, 0.717) is 17.9 Å². The molecule has 1 amide bonds. The molecule has 1 aliphatic carbocycles. The van der Waals surface area contributed by atoms with E-state index in [1.807, 2.05) is 50.4 Å². The van der Waals surface area contributed by atoms with Crippen LogP contribution in [0.25, 0.3) is 0 Å². The van der Waals surface area contributed by atoms with Gasteiger partial charge in [-0.05, 0) is 37.5 Å². The molecule has 0 atom stereocenters. The smallest absolute Gasteiger partial charge is 0.317 e. The third kappa shape index (κ3) is 7.05. The number of hydrogen-bond acceptors (Lipinski definition) is 6. The van der Waals surface area contributed by atoms with Crippen molar-refractivity contribution in [2.45, 2.75) is 51.6 Å². The van der Waals surface area contributed by atoms with Crippen LogP contribution < -0.4 is 11.1 Å². The van der Waals surface area contributed by atoms with Crippen LogP contribution in [0.5, 0.6) is 0 Å². The Kier molecular flexibility index (Phi) is 9.04. The highest BCUT2D eigenvalue weighted by molar-refractivity contribution is 6.12. The van der Waals surface area contributed by atoms with Crippen LogP contribution in [-0.2, 0) is 21.0 Å². The van der Waals surface area contributed by atoms with Gasteiger partial charge in [0.1, 0.15) is 5.71 Å². The molecule has 0 heterocycles. The Balaban J connectivity index is 1.79. The molecule has 0 spiro atoms. The summed E-state index contributed by atoms with van der Waals surface area (Å²) in [6.45, 7) is 2.01. The number of amides is 1. The number of nitrogens with zero attached hydrogens (tertiary/aromatic N) is 2. The molecule has 34 heavy (non-hydrogen) atoms. The van der Waals surface area contributed by atoms with Crippen LogP contribution in [0.3, 0.4) is 0 Å². The quantitative estimate of drug-likeness (QED) is 0.281. The molecule has 0 bridgehead atoms. The topological polar surface area (TPSA) is 117 Å². The second kappa shape index (κ2) is 12.2. The van der Waals surface area contributed by atoms with Gasteiger partial charge in [-0.1, -0.05) is 60.3 Å². The average Bonchev–Trinajstić information content (AvgIpc) is 2.83. The number of nitrogens with two attached hydrogens (primary N) is 1. The minimum atomic E-state index is -0.937. The largest absolute Gasteiger partial charge is 0.480 e. The summed E-state index contributed by atoms with van der Waals surface area (Å²) in [5, 5.41) is 16.1. The van der Waals surface area contributed by atoms with Gasteiger partial charge < -0.3 is 25.9 Å². The molecule has 8 nitrogen and oxygen atoms in total. The number of benzene rings is 2. The number of anilines is 1. The maximum atomic E-state index is 12.7. The van der Waals surface area contributed by atoms with Crippen molar-refractivity contribution in [3.05, 3.63) is 64.7 Å². The number of rotatable bonds is 10. The summed E-state index contributed by atoms with van der Waals surface area (Å²) < 4.78 is 0. The second-order valence-electron chi connectivity index (χ2n) is 8.79. The number of nitrogens with one attached hydrogen (secondary N) is 1. The average molecular weight is 467 g/mol. The highest BCUT2D eigenvalue weighted by Gasteiger charge is 2.22. The number of carboxylic acids is 1. The number of carbonyl (C=O) groups excluding carboxylic acids is 1. The molecule has 1 fully saturated rings. The summed E-state index contributed by atoms with van der Waals surface area (Å²) in [6.07, 6.45) is 5.60. The Morgan fingerprint density at radius 3 is 2.47 bits per heavy atom. The zero-order valence-corrected chi connectivity index (χ0v) is 19.9. The molecular weight excluding hydrogens is 432 g/mol. The lowest BCUT2D eigenvalue weighted by Crippen LogP contribution is -2.40. The molecule has 0 saturated heterocycles. The number of hydrogen-bond donors (Lipinski definition) is 3. The SMILES string of the molecule is Cc1ccc(C(=NOCC(=O)N(C)C2CCCCC2)c2ccc(N)c(CNCC(=O)O)c2)cc1. The predicted molar refractivity (Wildman–Crippen MR) is 133 cm³/mol. The van der Waals surface area contributed by atoms with E-state index in [4.69, 9.17) is 15.7 Å². The van der Waals surface area contributed by atoms with Gasteiger partial charge in [-0.15, -0.1) is 0 Å². The third-order valence-electron chi connectivity index (χ3n) is 6.19. The van der Waals surface area contributed by atoms with E-state index in [9.17, 15) is 9.59 Å². The third-order valence-corrected chi connectivity index (χ3v) is 6.19. The molecule has 0 radical (unpaired) electrons. The zero-order chi connectivity index (χ0) is 24.5. The summed E-state index contributed by atoms with van der Waals surface area (Å²) >= 11 is 0. The summed E-state index contributed by atoms with van der Waals surface area (Å²) in [4.78, 5) is 30.8. The molecular formula is C26H34N4O4. The monoisotopic (exact) mass is 466 g/mol. The van der Waals surface area contributed by atoms with E-state index >= 15 is 0 Å². The van der Waals surface area contributed by atoms with Gasteiger partial charge in [-0.25, -0.2) is 0 Å². The molecule has 0 aromatic heterocycles. The number of likely N-dealkylation sites (N-methyl/N-ethyl adjacent to an activating group) is 1. The number of oxime groups is 1. The number of aliphatic carboxylic acids is 1. The van der Waals surface area contributed by atoms with Gasteiger partial charge in [0.25, 0.3) is 5.91 Å². The number of nitrogen functional groups attached to an aromatic ring is 1. The number of carbonyl (C=O) groups is 2. The highest BCUT2D eigenvalue weighted by atomic mass is 16.6. The van der Waals surface area contributed by atoms with Crippen molar-refractivity contribution < 1.29 is 19.5 Å². The van der Waals surface area contributed by atoms with E-state index < -0.39 is 5.97 Å². The summed E-state index contributed by atoms with van der Waals surface area (Å²) in [7, 11) is 1.84. The molecule has 182 valence electrons. The Bertz CT molecular complexity index is 1010. The van der Waals surface area contributed by atoms with Crippen LogP contribution in [0.1, 0.15) is 54.4 Å². The molecule has 4 N–H and O–H groups in total. The van der Waals surface area contributed by atoms with Gasteiger partial charge in [-0.2, -0.15) is 0 Å². The first-order chi connectivity index (χ1) is 16.3. The van der Waals surface area contributed by atoms with Crippen molar-refractivity contribution in [2.75, 3.05) is 25.9 Å². The van der Waals surface area contributed by atoms with Gasteiger partial charge in [0.15, 0.2) is 6.61 Å². The molecule has 0 unspecified atom stereocenters. The number of aryl methyl sites for hydroxylation is 1. The zero-order valence-electron chi connectivity index (χ0n) is 19.9. The van der Waals surface area contributed by atoms with Gasteiger partial charge in [0.2, 0.25) is 0 Å². The van der Waals surface area contributed by atoms with Crippen molar-refractivity contribution in [3.63, 3.8) is 0 Å². The first kappa shape index (κ1) is 25.2. The fourth-order valence-electron chi connectivity index (χ4n) is 4.12. The molecule has 0 aliphatic heterocycles. The summed E-state index contributed by atoms with van der Waals surface area (Å²) in [5.74, 6) is -1.03. The fourth-order valence-corrected chi connectivity index (χ4v) is 4.12. The van der Waals surface area contributed by atoms with Gasteiger partial charge in [-0.3, -0.25) is 9.59 Å². The first-order valence-corrected chi connectivity index (χ1v) is 11.7. The van der Waals surface area contributed by atoms with Crippen LogP contribution in [-0.4, -0.2) is 53.8 Å². The normalized spacial score (nSPS) is 14.6. The highest BCUT2D eigenvalue weighted by Crippen LogP contribution is 2.22. The Hall–Kier alpha value is -3.39. The predicted octanol–water partition coefficient (Wildman–Crippen LogP) is 3.31. The first-order valence-electron chi connectivity index (χ1n) is 11.7. The molecule has 1 saturated carbocycles. The molecule has 8 heteroatoms. The summed E-state index contributed by atoms with van der Waals surface area (Å²) in [6, 6.07) is 13.6.